The molecule has 0 fully saturated rings. The van der Waals surface area contributed by atoms with Gasteiger partial charge < -0.3 is 0 Å². The zero-order valence-electron chi connectivity index (χ0n) is 12.5. The van der Waals surface area contributed by atoms with Gasteiger partial charge in [0.1, 0.15) is 0 Å². The van der Waals surface area contributed by atoms with Gasteiger partial charge >= 0.3 is 0 Å². The molecular weight excluding hydrogens is 281 g/mol. The van der Waals surface area contributed by atoms with Crippen LogP contribution in [0.1, 0.15) is 12.5 Å². The lowest BCUT2D eigenvalue weighted by atomic mass is 9.48. The Morgan fingerprint density at radius 1 is 1.14 bits per heavy atom. The minimum Gasteiger partial charge on any atom is -0.245 e. The number of fused-ring (bicyclic) bond motifs is 1. The zero-order chi connectivity index (χ0) is 15.3. The smallest absolute Gasteiger partial charge is 0.195 e. The van der Waals surface area contributed by atoms with Gasteiger partial charge in [0.15, 0.2) is 21.6 Å². The van der Waals surface area contributed by atoms with Gasteiger partial charge in [0.2, 0.25) is 0 Å². The zero-order valence-corrected chi connectivity index (χ0v) is 13.3. The molecule has 1 aliphatic rings. The van der Waals surface area contributed by atoms with Crippen LogP contribution in [-0.2, 0) is 16.3 Å². The summed E-state index contributed by atoms with van der Waals surface area (Å²) in [6, 6.07) is 13.6. The maximum absolute atomic E-state index is 11.1. The summed E-state index contributed by atoms with van der Waals surface area (Å²) in [7, 11) is -3.11. The molecule has 3 nitrogen and oxygen atoms in total. The van der Waals surface area contributed by atoms with E-state index in [1.165, 1.54) is 25.0 Å². The average molecular weight is 301 g/mol. The van der Waals surface area contributed by atoms with Crippen molar-refractivity contribution >= 4 is 22.0 Å². The lowest BCUT2D eigenvalue weighted by Crippen LogP contribution is -2.21. The summed E-state index contributed by atoms with van der Waals surface area (Å²) in [6.07, 6.45) is 4.11. The van der Waals surface area contributed by atoms with Crippen molar-refractivity contribution in [2.45, 2.75) is 31.5 Å². The number of aromatic nitrogens is 1. The first-order valence-corrected chi connectivity index (χ1v) is 8.91. The van der Waals surface area contributed by atoms with Gasteiger partial charge in [0.05, 0.1) is 5.75 Å². The second-order valence-corrected chi connectivity index (χ2v) is 7.44. The van der Waals surface area contributed by atoms with Crippen LogP contribution in [0.5, 0.6) is 0 Å². The van der Waals surface area contributed by atoms with Gasteiger partial charge in [-0.15, -0.1) is 0 Å². The Morgan fingerprint density at radius 2 is 1.86 bits per heavy atom. The standard InChI is InChI=1S/C9H11B.C7H9NO2S/c1-10-7-6-8-4-2-3-5-9(8)10;1-2-11(9,10)7-5-3-4-6-8-7/h2-5H,6-7H2,1H3;3-6H,2H2,1H3. The minimum atomic E-state index is -3.11. The van der Waals surface area contributed by atoms with Crippen molar-refractivity contribution in [1.82, 2.24) is 4.98 Å². The number of hydrogen-bond donors (Lipinski definition) is 0. The van der Waals surface area contributed by atoms with Crippen molar-refractivity contribution in [2.75, 3.05) is 5.75 Å². The van der Waals surface area contributed by atoms with Crippen LogP contribution in [0.15, 0.2) is 53.7 Å². The Balaban J connectivity index is 0.000000154. The van der Waals surface area contributed by atoms with E-state index in [-0.39, 0.29) is 10.8 Å². The lowest BCUT2D eigenvalue weighted by Gasteiger charge is -1.98. The van der Waals surface area contributed by atoms with E-state index in [1.807, 2.05) is 0 Å². The summed E-state index contributed by atoms with van der Waals surface area (Å²) >= 11 is 0. The molecule has 0 saturated carbocycles. The molecule has 1 aromatic heterocycles. The summed E-state index contributed by atoms with van der Waals surface area (Å²) < 4.78 is 22.3. The van der Waals surface area contributed by atoms with Crippen LogP contribution >= 0.6 is 0 Å². The summed E-state index contributed by atoms with van der Waals surface area (Å²) in [4.78, 5) is 3.73. The van der Waals surface area contributed by atoms with E-state index in [9.17, 15) is 8.42 Å². The van der Waals surface area contributed by atoms with Gasteiger partial charge in [-0.2, -0.15) is 0 Å². The van der Waals surface area contributed by atoms with E-state index in [0.717, 1.165) is 6.71 Å². The Bertz CT molecular complexity index is 686. The van der Waals surface area contributed by atoms with Crippen LogP contribution in [0.3, 0.4) is 0 Å². The Kier molecular flexibility index (Phi) is 5.18. The molecule has 0 unspecified atom stereocenters. The number of nitrogens with zero attached hydrogens (tertiary/aromatic N) is 1. The van der Waals surface area contributed by atoms with E-state index in [0.29, 0.717) is 0 Å². The van der Waals surface area contributed by atoms with Crippen molar-refractivity contribution in [3.8, 4) is 0 Å². The van der Waals surface area contributed by atoms with Crippen molar-refractivity contribution in [1.29, 1.82) is 0 Å². The third-order valence-electron chi connectivity index (χ3n) is 3.77. The molecule has 0 aliphatic carbocycles. The maximum atomic E-state index is 11.1. The van der Waals surface area contributed by atoms with Gasteiger partial charge in [-0.05, 0) is 18.6 Å². The van der Waals surface area contributed by atoms with E-state index < -0.39 is 9.84 Å². The topological polar surface area (TPSA) is 47.0 Å². The highest BCUT2D eigenvalue weighted by Crippen LogP contribution is 2.12. The molecule has 0 bridgehead atoms. The number of hydrogen-bond acceptors (Lipinski definition) is 3. The summed E-state index contributed by atoms with van der Waals surface area (Å²) in [5, 5.41) is 0.155. The van der Waals surface area contributed by atoms with E-state index >= 15 is 0 Å². The SMILES string of the molecule is CB1CCc2ccccc21.CCS(=O)(=O)c1ccccn1. The molecule has 0 atom stereocenters. The first-order chi connectivity index (χ1) is 10.0. The Hall–Kier alpha value is -1.62. The summed E-state index contributed by atoms with van der Waals surface area (Å²) in [5.74, 6) is 0.101. The molecule has 21 heavy (non-hydrogen) atoms. The first kappa shape index (κ1) is 15.8. The number of pyridine rings is 1. The normalized spacial score (nSPS) is 13.3. The predicted molar refractivity (Wildman–Crippen MR) is 88.2 cm³/mol. The van der Waals surface area contributed by atoms with Crippen LogP contribution in [0.25, 0.3) is 0 Å². The van der Waals surface area contributed by atoms with Crippen LogP contribution in [0, 0.1) is 0 Å². The number of benzene rings is 1. The molecule has 110 valence electrons. The molecule has 2 aromatic rings. The molecule has 0 spiro atoms. The second-order valence-electron chi connectivity index (χ2n) is 5.21. The average Bonchev–Trinajstić information content (AvgIpc) is 2.91. The number of sulfone groups is 1. The Morgan fingerprint density at radius 3 is 2.48 bits per heavy atom. The fourth-order valence-corrected chi connectivity index (χ4v) is 3.25. The quantitative estimate of drug-likeness (QED) is 0.801. The molecule has 2 heterocycles. The largest absolute Gasteiger partial charge is 0.245 e. The minimum absolute atomic E-state index is 0.101. The summed E-state index contributed by atoms with van der Waals surface area (Å²) in [5.41, 5.74) is 3.14. The first-order valence-electron chi connectivity index (χ1n) is 7.26. The predicted octanol–water partition coefficient (Wildman–Crippen LogP) is 2.45. The number of aryl methyl sites for hydroxylation is 1. The molecule has 1 aliphatic heterocycles. The molecule has 1 aromatic carbocycles. The third kappa shape index (κ3) is 3.94. The second kappa shape index (κ2) is 6.90. The Labute approximate surface area is 127 Å². The van der Waals surface area contributed by atoms with Crippen molar-refractivity contribution in [2.24, 2.45) is 0 Å². The molecular formula is C16H20BNO2S. The van der Waals surface area contributed by atoms with Crippen LogP contribution in [0.2, 0.25) is 13.1 Å². The fraction of sp³-hybridized carbons (Fsp3) is 0.312. The number of rotatable bonds is 2. The van der Waals surface area contributed by atoms with Gasteiger partial charge in [-0.3, -0.25) is 0 Å². The van der Waals surface area contributed by atoms with Gasteiger partial charge in [0, 0.05) is 6.20 Å². The molecule has 0 amide bonds. The summed E-state index contributed by atoms with van der Waals surface area (Å²) in [6.45, 7) is 4.71. The highest BCUT2D eigenvalue weighted by atomic mass is 32.2. The molecule has 0 saturated heterocycles. The van der Waals surface area contributed by atoms with E-state index in [4.69, 9.17) is 0 Å². The van der Waals surface area contributed by atoms with Crippen LogP contribution < -0.4 is 5.46 Å². The molecule has 3 rings (SSSR count). The van der Waals surface area contributed by atoms with Crippen molar-refractivity contribution < 1.29 is 8.42 Å². The van der Waals surface area contributed by atoms with Crippen molar-refractivity contribution in [3.05, 3.63) is 54.2 Å². The highest BCUT2D eigenvalue weighted by molar-refractivity contribution is 7.91. The van der Waals surface area contributed by atoms with E-state index in [1.54, 1.807) is 30.1 Å². The third-order valence-corrected chi connectivity index (χ3v) is 5.41. The lowest BCUT2D eigenvalue weighted by molar-refractivity contribution is 0.593. The molecule has 5 heteroatoms. The highest BCUT2D eigenvalue weighted by Gasteiger charge is 2.19. The van der Waals surface area contributed by atoms with Gasteiger partial charge in [0.25, 0.3) is 0 Å². The maximum Gasteiger partial charge on any atom is 0.195 e. The van der Waals surface area contributed by atoms with E-state index in [2.05, 4.69) is 36.1 Å². The van der Waals surface area contributed by atoms with Crippen LogP contribution in [-0.4, -0.2) is 25.9 Å². The van der Waals surface area contributed by atoms with Gasteiger partial charge in [-0.1, -0.05) is 61.4 Å². The molecule has 0 radical (unpaired) electrons. The van der Waals surface area contributed by atoms with Crippen molar-refractivity contribution in [3.63, 3.8) is 0 Å². The monoisotopic (exact) mass is 301 g/mol. The fourth-order valence-electron chi connectivity index (χ4n) is 2.45. The molecule has 0 N–H and O–H groups in total. The van der Waals surface area contributed by atoms with Crippen LogP contribution in [0.4, 0.5) is 0 Å². The van der Waals surface area contributed by atoms with Gasteiger partial charge in [-0.25, -0.2) is 13.4 Å².